The number of carbonyl (C=O) groups is 1. The fourth-order valence-electron chi connectivity index (χ4n) is 1.72. The van der Waals surface area contributed by atoms with E-state index in [2.05, 4.69) is 12.2 Å². The minimum absolute atomic E-state index is 0.0636. The van der Waals surface area contributed by atoms with Gasteiger partial charge in [0, 0.05) is 13.6 Å². The number of nitrogens with one attached hydrogen (secondary N) is 1. The summed E-state index contributed by atoms with van der Waals surface area (Å²) in [5.41, 5.74) is 0. The zero-order valence-electron chi connectivity index (χ0n) is 8.84. The first kappa shape index (κ1) is 10.5. The number of nitrogens with zero attached hydrogens (tertiary/aromatic N) is 1. The van der Waals surface area contributed by atoms with Gasteiger partial charge in [-0.2, -0.15) is 0 Å². The van der Waals surface area contributed by atoms with Crippen molar-refractivity contribution in [2.75, 3.05) is 20.1 Å². The van der Waals surface area contributed by atoms with E-state index in [1.165, 1.54) is 6.42 Å². The van der Waals surface area contributed by atoms with Crippen LogP contribution in [0.1, 0.15) is 26.7 Å². The lowest BCUT2D eigenvalue weighted by molar-refractivity contribution is -0.132. The maximum atomic E-state index is 11.7. The molecule has 0 bridgehead atoms. The quantitative estimate of drug-likeness (QED) is 0.690. The van der Waals surface area contributed by atoms with Crippen molar-refractivity contribution in [3.8, 4) is 0 Å². The highest BCUT2D eigenvalue weighted by molar-refractivity contribution is 5.81. The zero-order chi connectivity index (χ0) is 9.84. The standard InChI is InChI=1S/C10H20N2O/c1-4-12(3)10(13)9-7-8(2)5-6-11-9/h8-9,11H,4-7H2,1-3H3. The van der Waals surface area contributed by atoms with Crippen LogP contribution in [0.4, 0.5) is 0 Å². The second-order valence-electron chi connectivity index (χ2n) is 3.99. The van der Waals surface area contributed by atoms with Crippen molar-refractivity contribution in [1.29, 1.82) is 0 Å². The van der Waals surface area contributed by atoms with E-state index in [-0.39, 0.29) is 11.9 Å². The van der Waals surface area contributed by atoms with Crippen LogP contribution in [-0.4, -0.2) is 37.0 Å². The van der Waals surface area contributed by atoms with Crippen LogP contribution < -0.4 is 5.32 Å². The lowest BCUT2D eigenvalue weighted by Gasteiger charge is -2.30. The first-order valence-electron chi connectivity index (χ1n) is 5.13. The largest absolute Gasteiger partial charge is 0.345 e. The number of hydrogen-bond donors (Lipinski definition) is 1. The highest BCUT2D eigenvalue weighted by Crippen LogP contribution is 2.16. The molecule has 1 N–H and O–H groups in total. The Morgan fingerprint density at radius 1 is 1.62 bits per heavy atom. The summed E-state index contributed by atoms with van der Waals surface area (Å²) in [6.07, 6.45) is 2.18. The lowest BCUT2D eigenvalue weighted by Crippen LogP contribution is -2.48. The third kappa shape index (κ3) is 2.69. The smallest absolute Gasteiger partial charge is 0.239 e. The summed E-state index contributed by atoms with van der Waals surface area (Å²) in [5, 5.41) is 3.27. The van der Waals surface area contributed by atoms with E-state index in [1.807, 2.05) is 14.0 Å². The molecular weight excluding hydrogens is 164 g/mol. The van der Waals surface area contributed by atoms with Crippen LogP contribution in [0, 0.1) is 5.92 Å². The Kier molecular flexibility index (Phi) is 3.72. The number of likely N-dealkylation sites (N-methyl/N-ethyl adjacent to an activating group) is 1. The van der Waals surface area contributed by atoms with E-state index in [0.717, 1.165) is 19.5 Å². The highest BCUT2D eigenvalue weighted by atomic mass is 16.2. The number of rotatable bonds is 2. The molecule has 0 saturated carbocycles. The molecule has 0 aliphatic carbocycles. The lowest BCUT2D eigenvalue weighted by atomic mass is 9.94. The molecule has 13 heavy (non-hydrogen) atoms. The molecule has 1 fully saturated rings. The monoisotopic (exact) mass is 184 g/mol. The van der Waals surface area contributed by atoms with Gasteiger partial charge in [-0.1, -0.05) is 6.92 Å². The van der Waals surface area contributed by atoms with Crippen molar-refractivity contribution in [3.63, 3.8) is 0 Å². The first-order valence-corrected chi connectivity index (χ1v) is 5.13. The van der Waals surface area contributed by atoms with E-state index in [0.29, 0.717) is 5.92 Å². The van der Waals surface area contributed by atoms with Gasteiger partial charge in [-0.15, -0.1) is 0 Å². The van der Waals surface area contributed by atoms with Gasteiger partial charge < -0.3 is 10.2 Å². The fourth-order valence-corrected chi connectivity index (χ4v) is 1.72. The van der Waals surface area contributed by atoms with Crippen LogP contribution in [0.3, 0.4) is 0 Å². The van der Waals surface area contributed by atoms with Crippen LogP contribution >= 0.6 is 0 Å². The second kappa shape index (κ2) is 4.61. The van der Waals surface area contributed by atoms with Gasteiger partial charge in [0.25, 0.3) is 0 Å². The first-order chi connectivity index (χ1) is 6.15. The molecule has 76 valence electrons. The van der Waals surface area contributed by atoms with Gasteiger partial charge in [0.05, 0.1) is 6.04 Å². The Morgan fingerprint density at radius 3 is 2.85 bits per heavy atom. The van der Waals surface area contributed by atoms with E-state index < -0.39 is 0 Å². The number of carbonyl (C=O) groups excluding carboxylic acids is 1. The highest BCUT2D eigenvalue weighted by Gasteiger charge is 2.25. The minimum atomic E-state index is 0.0636. The maximum absolute atomic E-state index is 11.7. The Hall–Kier alpha value is -0.570. The van der Waals surface area contributed by atoms with Crippen LogP contribution in [0.2, 0.25) is 0 Å². The van der Waals surface area contributed by atoms with E-state index in [1.54, 1.807) is 4.90 Å². The molecule has 2 atom stereocenters. The van der Waals surface area contributed by atoms with Crippen LogP contribution in [0.25, 0.3) is 0 Å². The molecule has 0 radical (unpaired) electrons. The van der Waals surface area contributed by atoms with E-state index in [4.69, 9.17) is 0 Å². The van der Waals surface area contributed by atoms with Crippen molar-refractivity contribution < 1.29 is 4.79 Å². The summed E-state index contributed by atoms with van der Waals surface area (Å²) in [5.74, 6) is 0.925. The van der Waals surface area contributed by atoms with Gasteiger partial charge in [0.2, 0.25) is 5.91 Å². The molecule has 1 saturated heterocycles. The molecule has 0 aromatic rings. The Balaban J connectivity index is 2.46. The van der Waals surface area contributed by atoms with Crippen molar-refractivity contribution in [1.82, 2.24) is 10.2 Å². The van der Waals surface area contributed by atoms with Gasteiger partial charge in [-0.3, -0.25) is 4.79 Å². The predicted octanol–water partition coefficient (Wildman–Crippen LogP) is 0.853. The van der Waals surface area contributed by atoms with Crippen molar-refractivity contribution >= 4 is 5.91 Å². The Bertz CT molecular complexity index is 182. The molecule has 0 spiro atoms. The summed E-state index contributed by atoms with van der Waals surface area (Å²) in [6, 6.07) is 0.0636. The molecule has 3 heteroatoms. The molecule has 1 heterocycles. The summed E-state index contributed by atoms with van der Waals surface area (Å²) in [6.45, 7) is 6.00. The second-order valence-corrected chi connectivity index (χ2v) is 3.99. The third-order valence-electron chi connectivity index (χ3n) is 2.81. The number of amides is 1. The minimum Gasteiger partial charge on any atom is -0.345 e. The molecule has 1 aliphatic rings. The molecule has 0 aromatic carbocycles. The van der Waals surface area contributed by atoms with Crippen LogP contribution in [0.5, 0.6) is 0 Å². The average molecular weight is 184 g/mol. The van der Waals surface area contributed by atoms with E-state index >= 15 is 0 Å². The molecule has 0 aromatic heterocycles. The molecule has 1 amide bonds. The summed E-state index contributed by atoms with van der Waals surface area (Å²) in [4.78, 5) is 13.5. The summed E-state index contributed by atoms with van der Waals surface area (Å²) < 4.78 is 0. The maximum Gasteiger partial charge on any atom is 0.239 e. The third-order valence-corrected chi connectivity index (χ3v) is 2.81. The van der Waals surface area contributed by atoms with Gasteiger partial charge in [-0.05, 0) is 32.2 Å². The van der Waals surface area contributed by atoms with Gasteiger partial charge >= 0.3 is 0 Å². The Morgan fingerprint density at radius 2 is 2.31 bits per heavy atom. The van der Waals surface area contributed by atoms with E-state index in [9.17, 15) is 4.79 Å². The van der Waals surface area contributed by atoms with Gasteiger partial charge in [-0.25, -0.2) is 0 Å². The SMILES string of the molecule is CCN(C)C(=O)C1CC(C)CCN1. The Labute approximate surface area is 80.5 Å². The van der Waals surface area contributed by atoms with Crippen molar-refractivity contribution in [3.05, 3.63) is 0 Å². The number of piperidine rings is 1. The predicted molar refractivity (Wildman–Crippen MR) is 53.5 cm³/mol. The van der Waals surface area contributed by atoms with Crippen molar-refractivity contribution in [2.45, 2.75) is 32.7 Å². The normalized spacial score (nSPS) is 28.5. The molecule has 3 nitrogen and oxygen atoms in total. The average Bonchev–Trinajstić information content (AvgIpc) is 2.15. The summed E-state index contributed by atoms with van der Waals surface area (Å²) in [7, 11) is 1.86. The molecular formula is C10H20N2O. The van der Waals surface area contributed by atoms with Gasteiger partial charge in [0.1, 0.15) is 0 Å². The topological polar surface area (TPSA) is 32.3 Å². The van der Waals surface area contributed by atoms with Gasteiger partial charge in [0.15, 0.2) is 0 Å². The molecule has 1 rings (SSSR count). The zero-order valence-corrected chi connectivity index (χ0v) is 8.84. The molecule has 1 aliphatic heterocycles. The fraction of sp³-hybridized carbons (Fsp3) is 0.900. The van der Waals surface area contributed by atoms with Crippen molar-refractivity contribution in [2.24, 2.45) is 5.92 Å². The molecule has 2 unspecified atom stereocenters. The van der Waals surface area contributed by atoms with Crippen LogP contribution in [0.15, 0.2) is 0 Å². The summed E-state index contributed by atoms with van der Waals surface area (Å²) >= 11 is 0. The van der Waals surface area contributed by atoms with Crippen LogP contribution in [-0.2, 0) is 4.79 Å². The number of hydrogen-bond acceptors (Lipinski definition) is 2.